The summed E-state index contributed by atoms with van der Waals surface area (Å²) in [6.07, 6.45) is 1.26. The van der Waals surface area contributed by atoms with Crippen molar-refractivity contribution < 1.29 is 13.9 Å². The molecule has 3 aromatic carbocycles. The van der Waals surface area contributed by atoms with Crippen LogP contribution in [0.5, 0.6) is 5.75 Å². The highest BCUT2D eigenvalue weighted by atomic mass is 79.9. The van der Waals surface area contributed by atoms with Crippen molar-refractivity contribution in [3.05, 3.63) is 126 Å². The zero-order valence-electron chi connectivity index (χ0n) is 18.3. The third-order valence-corrected chi connectivity index (χ3v) is 7.23. The maximum Gasteiger partial charge on any atom is 0.427 e. The first kappa shape index (κ1) is 21.9. The van der Waals surface area contributed by atoms with Gasteiger partial charge in [0, 0.05) is 26.7 Å². The van der Waals surface area contributed by atoms with Crippen LogP contribution in [-0.2, 0) is 4.74 Å². The van der Waals surface area contributed by atoms with Crippen molar-refractivity contribution in [2.24, 2.45) is 0 Å². The molecule has 1 aliphatic heterocycles. The number of nitrogens with zero attached hydrogens (tertiary/aromatic N) is 1. The topological polar surface area (TPSA) is 70.7 Å². The van der Waals surface area contributed by atoms with E-state index in [-0.39, 0.29) is 11.7 Å². The molecular weight excluding hydrogens is 534 g/mol. The van der Waals surface area contributed by atoms with Gasteiger partial charge in [0.05, 0.1) is 17.2 Å². The average molecular weight is 551 g/mol. The number of aromatic nitrogens is 1. The molecule has 1 aromatic heterocycles. The van der Waals surface area contributed by atoms with E-state index < -0.39 is 23.3 Å². The van der Waals surface area contributed by atoms with E-state index in [4.69, 9.17) is 25.5 Å². The predicted octanol–water partition coefficient (Wildman–Crippen LogP) is 6.27. The molecule has 0 amide bonds. The Labute approximate surface area is 213 Å². The second kappa shape index (κ2) is 8.29. The van der Waals surface area contributed by atoms with Crippen molar-refractivity contribution in [3.8, 4) is 22.8 Å². The first-order chi connectivity index (χ1) is 16.9. The highest BCUT2D eigenvalue weighted by Gasteiger charge is 2.43. The normalized spacial score (nSPS) is 17.6. The molecule has 174 valence electrons. The molecule has 0 bridgehead atoms. The van der Waals surface area contributed by atoms with Gasteiger partial charge in [-0.2, -0.15) is 0 Å². The third kappa shape index (κ3) is 3.54. The molecule has 4 aromatic rings. The maximum absolute atomic E-state index is 13.9. The van der Waals surface area contributed by atoms with E-state index in [0.717, 1.165) is 14.6 Å². The van der Waals surface area contributed by atoms with Crippen molar-refractivity contribution >= 4 is 27.5 Å². The lowest BCUT2D eigenvalue weighted by Crippen LogP contribution is -2.37. The second-order valence-electron chi connectivity index (χ2n) is 8.33. The Morgan fingerprint density at radius 3 is 2.57 bits per heavy atom. The van der Waals surface area contributed by atoms with E-state index in [1.807, 2.05) is 48.5 Å². The Bertz CT molecular complexity index is 1640. The summed E-state index contributed by atoms with van der Waals surface area (Å²) < 4.78 is 19.9. The first-order valence-corrected chi connectivity index (χ1v) is 12.1. The van der Waals surface area contributed by atoms with Crippen LogP contribution in [-0.4, -0.2) is 4.57 Å². The van der Waals surface area contributed by atoms with E-state index in [1.165, 1.54) is 0 Å². The van der Waals surface area contributed by atoms with Crippen LogP contribution in [0.25, 0.3) is 17.0 Å². The van der Waals surface area contributed by atoms with Gasteiger partial charge < -0.3 is 13.9 Å². The summed E-state index contributed by atoms with van der Waals surface area (Å²) in [7, 11) is 0. The Morgan fingerprint density at radius 1 is 1.00 bits per heavy atom. The smallest absolute Gasteiger partial charge is 0.427 e. The molecule has 35 heavy (non-hydrogen) atoms. The van der Waals surface area contributed by atoms with Crippen molar-refractivity contribution in [3.63, 3.8) is 0 Å². The van der Waals surface area contributed by atoms with Crippen LogP contribution in [0.15, 0.2) is 97.2 Å². The van der Waals surface area contributed by atoms with Crippen LogP contribution in [0, 0.1) is 6.92 Å². The summed E-state index contributed by atoms with van der Waals surface area (Å²) in [5.41, 5.74) is 2.30. The van der Waals surface area contributed by atoms with E-state index in [2.05, 4.69) is 15.9 Å². The summed E-state index contributed by atoms with van der Waals surface area (Å²) in [6.45, 7) is 1.75. The molecule has 0 fully saturated rings. The standard InChI is InChI=1S/C27H17BrClNO5/c1-14-20(29)7-4-8-21(14)30-26(31)23-19-13-22(33-16-11-9-15(28)10-12-16)34-24(19)17-5-2-3-6-18(17)25(23)35-27(30)32/h2-13,19,24H,1H3. The average Bonchev–Trinajstić information content (AvgIpc) is 3.26. The molecule has 6 nitrogen and oxygen atoms in total. The van der Waals surface area contributed by atoms with Gasteiger partial charge in [0.25, 0.3) is 11.5 Å². The molecule has 0 spiro atoms. The zero-order chi connectivity index (χ0) is 24.3. The number of hydrogen-bond acceptors (Lipinski definition) is 5. The van der Waals surface area contributed by atoms with Gasteiger partial charge in [0.1, 0.15) is 17.6 Å². The van der Waals surface area contributed by atoms with Crippen LogP contribution >= 0.6 is 27.5 Å². The van der Waals surface area contributed by atoms with E-state index in [9.17, 15) is 9.59 Å². The summed E-state index contributed by atoms with van der Waals surface area (Å²) >= 11 is 9.69. The van der Waals surface area contributed by atoms with E-state index in [0.29, 0.717) is 33.1 Å². The molecule has 0 saturated heterocycles. The maximum atomic E-state index is 13.9. The SMILES string of the molecule is Cc1c(Cl)cccc1-n1c(=O)oc2c(c1=O)C1C=C(Oc3ccc(Br)cc3)OC1c1ccccc1-2. The minimum absolute atomic E-state index is 0.248. The van der Waals surface area contributed by atoms with Crippen LogP contribution in [0.4, 0.5) is 0 Å². The van der Waals surface area contributed by atoms with Gasteiger partial charge in [-0.1, -0.05) is 57.9 Å². The minimum Gasteiger partial charge on any atom is -0.456 e. The fraction of sp³-hybridized carbons (Fsp3) is 0.111. The molecule has 2 unspecified atom stereocenters. The third-order valence-electron chi connectivity index (χ3n) is 6.29. The fourth-order valence-electron chi connectivity index (χ4n) is 4.62. The van der Waals surface area contributed by atoms with Gasteiger partial charge in [0.2, 0.25) is 0 Å². The van der Waals surface area contributed by atoms with Gasteiger partial charge in [-0.25, -0.2) is 9.36 Å². The van der Waals surface area contributed by atoms with Crippen LogP contribution in [0.1, 0.15) is 28.7 Å². The monoisotopic (exact) mass is 549 g/mol. The summed E-state index contributed by atoms with van der Waals surface area (Å²) in [5.74, 6) is -0.161. The molecule has 6 rings (SSSR count). The highest BCUT2D eigenvalue weighted by Crippen LogP contribution is 2.51. The van der Waals surface area contributed by atoms with E-state index in [1.54, 1.807) is 31.2 Å². The Hall–Kier alpha value is -3.55. The second-order valence-corrected chi connectivity index (χ2v) is 9.65. The lowest BCUT2D eigenvalue weighted by molar-refractivity contribution is 0.0599. The Morgan fingerprint density at radius 2 is 1.77 bits per heavy atom. The number of halogens is 2. The van der Waals surface area contributed by atoms with Gasteiger partial charge in [-0.05, 0) is 48.9 Å². The quantitative estimate of drug-likeness (QED) is 0.301. The molecule has 2 aliphatic rings. The molecule has 2 atom stereocenters. The van der Waals surface area contributed by atoms with Crippen molar-refractivity contribution in [2.45, 2.75) is 18.9 Å². The summed E-state index contributed by atoms with van der Waals surface area (Å²) in [5, 5.41) is 0.448. The predicted molar refractivity (Wildman–Crippen MR) is 135 cm³/mol. The summed E-state index contributed by atoms with van der Waals surface area (Å²) in [6, 6.07) is 19.9. The largest absolute Gasteiger partial charge is 0.456 e. The molecule has 0 radical (unpaired) electrons. The highest BCUT2D eigenvalue weighted by molar-refractivity contribution is 9.10. The molecule has 1 aliphatic carbocycles. The van der Waals surface area contributed by atoms with Gasteiger partial charge >= 0.3 is 5.76 Å². The first-order valence-electron chi connectivity index (χ1n) is 10.9. The van der Waals surface area contributed by atoms with Gasteiger partial charge in [-0.3, -0.25) is 4.79 Å². The van der Waals surface area contributed by atoms with E-state index >= 15 is 0 Å². The van der Waals surface area contributed by atoms with Crippen LogP contribution in [0.3, 0.4) is 0 Å². The number of fused-ring (bicyclic) bond motifs is 6. The molecule has 0 N–H and O–H groups in total. The number of hydrogen-bond donors (Lipinski definition) is 0. The number of ether oxygens (including phenoxy) is 2. The molecular formula is C27H17BrClNO5. The van der Waals surface area contributed by atoms with Crippen LogP contribution in [0.2, 0.25) is 5.02 Å². The van der Waals surface area contributed by atoms with Crippen LogP contribution < -0.4 is 16.1 Å². The summed E-state index contributed by atoms with van der Waals surface area (Å²) in [4.78, 5) is 27.0. The zero-order valence-corrected chi connectivity index (χ0v) is 20.7. The Balaban J connectivity index is 1.55. The number of benzene rings is 3. The number of rotatable bonds is 3. The van der Waals surface area contributed by atoms with Gasteiger partial charge in [0.15, 0.2) is 0 Å². The Kier molecular flexibility index (Phi) is 5.20. The van der Waals surface area contributed by atoms with Crippen molar-refractivity contribution in [1.29, 1.82) is 0 Å². The van der Waals surface area contributed by atoms with Crippen molar-refractivity contribution in [2.75, 3.05) is 0 Å². The molecule has 0 saturated carbocycles. The molecule has 8 heteroatoms. The minimum atomic E-state index is -0.776. The lowest BCUT2D eigenvalue weighted by Gasteiger charge is -2.28. The van der Waals surface area contributed by atoms with Crippen molar-refractivity contribution in [1.82, 2.24) is 4.57 Å². The fourth-order valence-corrected chi connectivity index (χ4v) is 5.05. The lowest BCUT2D eigenvalue weighted by atomic mass is 9.81. The van der Waals surface area contributed by atoms with Gasteiger partial charge in [-0.15, -0.1) is 0 Å². The molecule has 2 heterocycles.